The van der Waals surface area contributed by atoms with E-state index in [4.69, 9.17) is 16.3 Å². The van der Waals surface area contributed by atoms with E-state index in [0.717, 1.165) is 36.1 Å². The van der Waals surface area contributed by atoms with Crippen LogP contribution in [0.2, 0.25) is 5.15 Å². The van der Waals surface area contributed by atoms with E-state index >= 15 is 0 Å². The predicted molar refractivity (Wildman–Crippen MR) is 82.4 cm³/mol. The molecule has 21 heavy (non-hydrogen) atoms. The highest BCUT2D eigenvalue weighted by molar-refractivity contribution is 6.32. The molecule has 0 radical (unpaired) electrons. The van der Waals surface area contributed by atoms with Gasteiger partial charge in [-0.15, -0.1) is 0 Å². The van der Waals surface area contributed by atoms with E-state index in [0.29, 0.717) is 0 Å². The van der Waals surface area contributed by atoms with E-state index in [1.54, 1.807) is 18.5 Å². The van der Waals surface area contributed by atoms with Crippen molar-refractivity contribution in [1.29, 1.82) is 0 Å². The second-order valence-electron chi connectivity index (χ2n) is 4.65. The fourth-order valence-electron chi connectivity index (χ4n) is 2.10. The number of halogens is 1. The lowest BCUT2D eigenvalue weighted by Gasteiger charge is -2.12. The highest BCUT2D eigenvalue weighted by Crippen LogP contribution is 2.28. The molecule has 2 aromatic heterocycles. The van der Waals surface area contributed by atoms with Crippen LogP contribution in [0, 0.1) is 0 Å². The van der Waals surface area contributed by atoms with Crippen LogP contribution < -0.4 is 0 Å². The number of unbranched alkanes of at least 4 members (excludes halogenated alkanes) is 1. The molecule has 2 heterocycles. The average molecular weight is 305 g/mol. The van der Waals surface area contributed by atoms with Gasteiger partial charge in [0.1, 0.15) is 5.15 Å². The zero-order chi connectivity index (χ0) is 15.2. The number of rotatable bonds is 5. The molecule has 2 rings (SSSR count). The summed E-state index contributed by atoms with van der Waals surface area (Å²) in [7, 11) is 1.33. The topological polar surface area (TPSA) is 52.1 Å². The van der Waals surface area contributed by atoms with Crippen LogP contribution in [0.15, 0.2) is 30.6 Å². The van der Waals surface area contributed by atoms with Gasteiger partial charge < -0.3 is 4.74 Å². The van der Waals surface area contributed by atoms with Crippen LogP contribution in [0.25, 0.3) is 11.1 Å². The largest absolute Gasteiger partial charge is 0.465 e. The van der Waals surface area contributed by atoms with Crippen molar-refractivity contribution in [1.82, 2.24) is 9.97 Å². The molecule has 0 aliphatic heterocycles. The molecule has 0 unspecified atom stereocenters. The maximum atomic E-state index is 11.8. The normalized spacial score (nSPS) is 10.4. The van der Waals surface area contributed by atoms with Gasteiger partial charge in [-0.05, 0) is 36.6 Å². The minimum absolute atomic E-state index is 0.186. The Labute approximate surface area is 129 Å². The molecule has 0 N–H and O–H groups in total. The minimum Gasteiger partial charge on any atom is -0.465 e. The first-order valence-corrected chi connectivity index (χ1v) is 7.23. The highest BCUT2D eigenvalue weighted by atomic mass is 35.5. The summed E-state index contributed by atoms with van der Waals surface area (Å²) < 4.78 is 4.75. The Morgan fingerprint density at radius 2 is 2.05 bits per heavy atom. The summed E-state index contributed by atoms with van der Waals surface area (Å²) in [5.41, 5.74) is 3.04. The number of hydrogen-bond acceptors (Lipinski definition) is 4. The molecule has 0 bridgehead atoms. The quantitative estimate of drug-likeness (QED) is 0.620. The Hall–Kier alpha value is -1.94. The molecule has 0 atom stereocenters. The number of aromatic nitrogens is 2. The van der Waals surface area contributed by atoms with Gasteiger partial charge in [0.25, 0.3) is 0 Å². The van der Waals surface area contributed by atoms with Crippen molar-refractivity contribution in [3.8, 4) is 11.1 Å². The maximum Gasteiger partial charge on any atom is 0.341 e. The summed E-state index contributed by atoms with van der Waals surface area (Å²) in [4.78, 5) is 20.2. The van der Waals surface area contributed by atoms with Gasteiger partial charge in [-0.3, -0.25) is 4.98 Å². The molecule has 110 valence electrons. The monoisotopic (exact) mass is 304 g/mol. The number of hydrogen-bond donors (Lipinski definition) is 0. The van der Waals surface area contributed by atoms with E-state index in [9.17, 15) is 4.79 Å². The van der Waals surface area contributed by atoms with Crippen LogP contribution in [0.4, 0.5) is 0 Å². The first-order valence-electron chi connectivity index (χ1n) is 6.85. The number of nitrogens with zero attached hydrogens (tertiary/aromatic N) is 2. The van der Waals surface area contributed by atoms with Gasteiger partial charge in [0.2, 0.25) is 0 Å². The summed E-state index contributed by atoms with van der Waals surface area (Å²) in [6.07, 6.45) is 6.32. The summed E-state index contributed by atoms with van der Waals surface area (Å²) in [6.45, 7) is 2.12. The molecule has 0 aliphatic rings. The fourth-order valence-corrected chi connectivity index (χ4v) is 2.33. The smallest absolute Gasteiger partial charge is 0.341 e. The average Bonchev–Trinajstić information content (AvgIpc) is 2.53. The number of aryl methyl sites for hydroxylation is 1. The molecule has 0 saturated carbocycles. The lowest BCUT2D eigenvalue weighted by molar-refractivity contribution is 0.0600. The summed E-state index contributed by atoms with van der Waals surface area (Å²) in [6, 6.07) is 5.53. The molecule has 2 aromatic rings. The van der Waals surface area contributed by atoms with Gasteiger partial charge in [0.05, 0.1) is 18.4 Å². The third kappa shape index (κ3) is 3.58. The van der Waals surface area contributed by atoms with E-state index in [2.05, 4.69) is 16.9 Å². The number of pyridine rings is 2. The van der Waals surface area contributed by atoms with E-state index in [-0.39, 0.29) is 10.7 Å². The van der Waals surface area contributed by atoms with Crippen molar-refractivity contribution >= 4 is 17.6 Å². The van der Waals surface area contributed by atoms with Crippen molar-refractivity contribution < 1.29 is 9.53 Å². The van der Waals surface area contributed by atoms with Gasteiger partial charge >= 0.3 is 5.97 Å². The van der Waals surface area contributed by atoms with Crippen molar-refractivity contribution in [2.75, 3.05) is 7.11 Å². The Morgan fingerprint density at radius 3 is 2.67 bits per heavy atom. The van der Waals surface area contributed by atoms with Crippen molar-refractivity contribution in [2.24, 2.45) is 0 Å². The van der Waals surface area contributed by atoms with Gasteiger partial charge in [-0.2, -0.15) is 0 Å². The standard InChI is InChI=1S/C16H17ClN2O2/c1-3-4-5-14-12(11-6-8-18-9-7-11)10-13(15(17)19-14)16(20)21-2/h6-10H,3-5H2,1-2H3. The number of carbonyl (C=O) groups excluding carboxylic acids is 1. The summed E-state index contributed by atoms with van der Waals surface area (Å²) in [5, 5.41) is 0.186. The SMILES string of the molecule is CCCCc1nc(Cl)c(C(=O)OC)cc1-c1ccncc1. The second kappa shape index (κ2) is 7.18. The van der Waals surface area contributed by atoms with Crippen molar-refractivity contribution in [2.45, 2.75) is 26.2 Å². The van der Waals surface area contributed by atoms with Crippen molar-refractivity contribution in [3.63, 3.8) is 0 Å². The molecule has 4 nitrogen and oxygen atoms in total. The maximum absolute atomic E-state index is 11.8. The molecule has 0 aliphatic carbocycles. The Balaban J connectivity index is 2.55. The lowest BCUT2D eigenvalue weighted by Crippen LogP contribution is -2.06. The predicted octanol–water partition coefficient (Wildman–Crippen LogP) is 3.93. The number of methoxy groups -OCH3 is 1. The highest BCUT2D eigenvalue weighted by Gasteiger charge is 2.17. The molecule has 5 heteroatoms. The lowest BCUT2D eigenvalue weighted by atomic mass is 10.00. The number of ether oxygens (including phenoxy) is 1. The van der Waals surface area contributed by atoms with Gasteiger partial charge in [-0.1, -0.05) is 24.9 Å². The van der Waals surface area contributed by atoms with Crippen LogP contribution >= 0.6 is 11.6 Å². The van der Waals surface area contributed by atoms with Gasteiger partial charge in [-0.25, -0.2) is 9.78 Å². The molecule has 0 saturated heterocycles. The zero-order valence-corrected chi connectivity index (χ0v) is 12.9. The summed E-state index contributed by atoms with van der Waals surface area (Å²) in [5.74, 6) is -0.482. The van der Waals surface area contributed by atoms with Crippen LogP contribution in [-0.4, -0.2) is 23.0 Å². The zero-order valence-electron chi connectivity index (χ0n) is 12.1. The van der Waals surface area contributed by atoms with Crippen LogP contribution in [0.5, 0.6) is 0 Å². The molecule has 0 aromatic carbocycles. The van der Waals surface area contributed by atoms with Gasteiger partial charge in [0, 0.05) is 18.0 Å². The molecular formula is C16H17ClN2O2. The third-order valence-corrected chi connectivity index (χ3v) is 3.51. The Morgan fingerprint density at radius 1 is 1.33 bits per heavy atom. The molecule has 0 spiro atoms. The molecule has 0 amide bonds. The second-order valence-corrected chi connectivity index (χ2v) is 5.01. The number of carbonyl (C=O) groups is 1. The first-order chi connectivity index (χ1) is 10.2. The van der Waals surface area contributed by atoms with E-state index in [1.165, 1.54) is 7.11 Å². The van der Waals surface area contributed by atoms with Gasteiger partial charge in [0.15, 0.2) is 0 Å². The number of esters is 1. The van der Waals surface area contributed by atoms with E-state index in [1.807, 2.05) is 12.1 Å². The Kier molecular flexibility index (Phi) is 5.28. The third-order valence-electron chi connectivity index (χ3n) is 3.22. The fraction of sp³-hybridized carbons (Fsp3) is 0.312. The van der Waals surface area contributed by atoms with E-state index < -0.39 is 5.97 Å². The Bertz CT molecular complexity index is 630. The first kappa shape index (κ1) is 15.4. The minimum atomic E-state index is -0.482. The molecule has 0 fully saturated rings. The molecular weight excluding hydrogens is 288 g/mol. The van der Waals surface area contributed by atoms with Crippen LogP contribution in [-0.2, 0) is 11.2 Å². The van der Waals surface area contributed by atoms with Crippen LogP contribution in [0.1, 0.15) is 35.8 Å². The van der Waals surface area contributed by atoms with Crippen molar-refractivity contribution in [3.05, 3.63) is 47.0 Å². The van der Waals surface area contributed by atoms with Crippen LogP contribution in [0.3, 0.4) is 0 Å². The summed E-state index contributed by atoms with van der Waals surface area (Å²) >= 11 is 6.12.